The van der Waals surface area contributed by atoms with Crippen molar-refractivity contribution in [2.45, 2.75) is 6.92 Å². The van der Waals surface area contributed by atoms with Crippen molar-refractivity contribution in [2.24, 2.45) is 0 Å². The van der Waals surface area contributed by atoms with Gasteiger partial charge in [0.1, 0.15) is 5.70 Å². The third-order valence-electron chi connectivity index (χ3n) is 4.28. The molecule has 2 amide bonds. The zero-order valence-corrected chi connectivity index (χ0v) is 18.6. The maximum Gasteiger partial charge on any atom is 0.272 e. The maximum absolute atomic E-state index is 13.0. The third-order valence-corrected chi connectivity index (χ3v) is 5.22. The molecule has 0 aliphatic carbocycles. The van der Waals surface area contributed by atoms with Gasteiger partial charge in [0.2, 0.25) is 0 Å². The van der Waals surface area contributed by atoms with Crippen molar-refractivity contribution in [3.63, 3.8) is 0 Å². The van der Waals surface area contributed by atoms with E-state index < -0.39 is 16.7 Å². The third kappa shape index (κ3) is 5.98. The molecular weight excluding hydrogens is 509 g/mol. The van der Waals surface area contributed by atoms with Crippen molar-refractivity contribution in [1.82, 2.24) is 5.32 Å². The normalized spacial score (nSPS) is 11.0. The standard InChI is InChI=1S/C23H18IN3O4/c1-15-6-4-8-17(12-15)25-23(29)21(14-16-7-5-9-18(13-16)27(30)31)26-22(28)19-10-2-3-11-20(19)24/h2-14H,1H3,(H,25,29)(H,26,28). The molecule has 0 atom stereocenters. The van der Waals surface area contributed by atoms with Crippen LogP contribution >= 0.6 is 22.6 Å². The van der Waals surface area contributed by atoms with Crippen LogP contribution in [0.25, 0.3) is 6.08 Å². The number of carbonyl (C=O) groups is 2. The summed E-state index contributed by atoms with van der Waals surface area (Å²) in [5, 5.41) is 16.5. The average Bonchev–Trinajstić information content (AvgIpc) is 2.73. The Morgan fingerprint density at radius 1 is 1.00 bits per heavy atom. The highest BCUT2D eigenvalue weighted by molar-refractivity contribution is 14.1. The van der Waals surface area contributed by atoms with Gasteiger partial charge in [-0.2, -0.15) is 0 Å². The van der Waals surface area contributed by atoms with Crippen LogP contribution in [0.3, 0.4) is 0 Å². The Balaban J connectivity index is 1.95. The summed E-state index contributed by atoms with van der Waals surface area (Å²) in [7, 11) is 0. The molecule has 0 bridgehead atoms. The van der Waals surface area contributed by atoms with Crippen molar-refractivity contribution in [3.8, 4) is 0 Å². The second-order valence-corrected chi connectivity index (χ2v) is 7.83. The summed E-state index contributed by atoms with van der Waals surface area (Å²) in [6.07, 6.45) is 1.41. The van der Waals surface area contributed by atoms with E-state index in [4.69, 9.17) is 0 Å². The SMILES string of the molecule is Cc1cccc(NC(=O)C(=Cc2cccc([N+](=O)[O-])c2)NC(=O)c2ccccc2I)c1. The first kappa shape index (κ1) is 22.2. The number of nitro benzene ring substituents is 1. The van der Waals surface area contributed by atoms with E-state index in [1.54, 1.807) is 42.5 Å². The van der Waals surface area contributed by atoms with Crippen LogP contribution in [0.5, 0.6) is 0 Å². The molecule has 3 aromatic rings. The van der Waals surface area contributed by atoms with Gasteiger partial charge in [0.05, 0.1) is 10.5 Å². The Morgan fingerprint density at radius 2 is 1.74 bits per heavy atom. The first-order chi connectivity index (χ1) is 14.8. The number of benzene rings is 3. The average molecular weight is 527 g/mol. The summed E-state index contributed by atoms with van der Waals surface area (Å²) in [6.45, 7) is 1.90. The second kappa shape index (κ2) is 9.98. The molecule has 8 heteroatoms. The fourth-order valence-corrected chi connectivity index (χ4v) is 3.44. The Morgan fingerprint density at radius 3 is 2.45 bits per heavy atom. The van der Waals surface area contributed by atoms with Gasteiger partial charge in [-0.15, -0.1) is 0 Å². The lowest BCUT2D eigenvalue weighted by Gasteiger charge is -2.12. The van der Waals surface area contributed by atoms with Gasteiger partial charge < -0.3 is 10.6 Å². The van der Waals surface area contributed by atoms with Crippen molar-refractivity contribution >= 4 is 51.9 Å². The largest absolute Gasteiger partial charge is 0.321 e. The number of carbonyl (C=O) groups excluding carboxylic acids is 2. The lowest BCUT2D eigenvalue weighted by Crippen LogP contribution is -2.31. The van der Waals surface area contributed by atoms with Crippen LogP contribution in [0, 0.1) is 20.6 Å². The number of hydrogen-bond donors (Lipinski definition) is 2. The fraction of sp³-hybridized carbons (Fsp3) is 0.0435. The summed E-state index contributed by atoms with van der Waals surface area (Å²) in [5.41, 5.74) is 2.20. The summed E-state index contributed by atoms with van der Waals surface area (Å²) in [5.74, 6) is -1.00. The summed E-state index contributed by atoms with van der Waals surface area (Å²) >= 11 is 2.04. The molecule has 0 heterocycles. The minimum atomic E-state index is -0.545. The Kier molecular flexibility index (Phi) is 7.14. The molecule has 0 fully saturated rings. The lowest BCUT2D eigenvalue weighted by atomic mass is 10.1. The monoisotopic (exact) mass is 527 g/mol. The van der Waals surface area contributed by atoms with E-state index >= 15 is 0 Å². The van der Waals surface area contributed by atoms with Gasteiger partial charge in [0, 0.05) is 21.4 Å². The van der Waals surface area contributed by atoms with E-state index in [9.17, 15) is 19.7 Å². The van der Waals surface area contributed by atoms with Gasteiger partial charge >= 0.3 is 0 Å². The molecule has 0 saturated heterocycles. The number of halogens is 1. The van der Waals surface area contributed by atoms with Crippen LogP contribution in [0.4, 0.5) is 11.4 Å². The Bertz CT molecular complexity index is 1190. The van der Waals surface area contributed by atoms with Gasteiger partial charge in [0.15, 0.2) is 0 Å². The lowest BCUT2D eigenvalue weighted by molar-refractivity contribution is -0.384. The van der Waals surface area contributed by atoms with E-state index in [0.717, 1.165) is 9.13 Å². The molecule has 0 aromatic heterocycles. The maximum atomic E-state index is 13.0. The molecule has 2 N–H and O–H groups in total. The van der Waals surface area contributed by atoms with E-state index in [1.165, 1.54) is 24.3 Å². The topological polar surface area (TPSA) is 101 Å². The van der Waals surface area contributed by atoms with Crippen LogP contribution in [0.2, 0.25) is 0 Å². The van der Waals surface area contributed by atoms with Crippen molar-refractivity contribution in [1.29, 1.82) is 0 Å². The minimum absolute atomic E-state index is 0.0355. The number of aryl methyl sites for hydroxylation is 1. The molecular formula is C23H18IN3O4. The van der Waals surface area contributed by atoms with Crippen LogP contribution < -0.4 is 10.6 Å². The van der Waals surface area contributed by atoms with E-state index in [2.05, 4.69) is 10.6 Å². The molecule has 31 heavy (non-hydrogen) atoms. The van der Waals surface area contributed by atoms with Gasteiger partial charge in [-0.3, -0.25) is 19.7 Å². The van der Waals surface area contributed by atoms with E-state index in [-0.39, 0.29) is 11.4 Å². The highest BCUT2D eigenvalue weighted by atomic mass is 127. The molecule has 0 aliphatic rings. The smallest absolute Gasteiger partial charge is 0.272 e. The molecule has 3 rings (SSSR count). The number of rotatable bonds is 6. The molecule has 7 nitrogen and oxygen atoms in total. The van der Waals surface area contributed by atoms with Crippen LogP contribution in [0.15, 0.2) is 78.5 Å². The molecule has 3 aromatic carbocycles. The molecule has 0 radical (unpaired) electrons. The van der Waals surface area contributed by atoms with Crippen molar-refractivity contribution in [3.05, 3.63) is 109 Å². The van der Waals surface area contributed by atoms with Crippen molar-refractivity contribution in [2.75, 3.05) is 5.32 Å². The molecule has 0 spiro atoms. The van der Waals surface area contributed by atoms with Gasteiger partial charge in [-0.05, 0) is 71.0 Å². The fourth-order valence-electron chi connectivity index (χ4n) is 2.81. The number of nitrogens with zero attached hydrogens (tertiary/aromatic N) is 1. The molecule has 0 saturated carbocycles. The van der Waals surface area contributed by atoms with Crippen LogP contribution in [0.1, 0.15) is 21.5 Å². The highest BCUT2D eigenvalue weighted by Gasteiger charge is 2.17. The summed E-state index contributed by atoms with van der Waals surface area (Å²) in [4.78, 5) is 36.3. The second-order valence-electron chi connectivity index (χ2n) is 6.67. The summed E-state index contributed by atoms with van der Waals surface area (Å²) < 4.78 is 0.728. The zero-order valence-electron chi connectivity index (χ0n) is 16.5. The number of amides is 2. The number of non-ortho nitro benzene ring substituents is 1. The van der Waals surface area contributed by atoms with Gasteiger partial charge in [-0.1, -0.05) is 36.4 Å². The quantitative estimate of drug-likeness (QED) is 0.206. The van der Waals surface area contributed by atoms with E-state index in [1.807, 2.05) is 41.6 Å². The van der Waals surface area contributed by atoms with Gasteiger partial charge in [-0.25, -0.2) is 0 Å². The Hall–Kier alpha value is -3.53. The predicted octanol–water partition coefficient (Wildman–Crippen LogP) is 4.92. The molecule has 0 aliphatic heterocycles. The first-order valence-electron chi connectivity index (χ1n) is 9.23. The Labute approximate surface area is 192 Å². The number of nitro groups is 1. The predicted molar refractivity (Wildman–Crippen MR) is 128 cm³/mol. The minimum Gasteiger partial charge on any atom is -0.321 e. The molecule has 156 valence electrons. The first-order valence-corrected chi connectivity index (χ1v) is 10.3. The van der Waals surface area contributed by atoms with Gasteiger partial charge in [0.25, 0.3) is 17.5 Å². The number of nitrogens with one attached hydrogen (secondary N) is 2. The highest BCUT2D eigenvalue weighted by Crippen LogP contribution is 2.18. The van der Waals surface area contributed by atoms with E-state index in [0.29, 0.717) is 16.8 Å². The van der Waals surface area contributed by atoms with Crippen molar-refractivity contribution < 1.29 is 14.5 Å². The molecule has 0 unspecified atom stereocenters. The zero-order chi connectivity index (χ0) is 22.4. The number of hydrogen-bond acceptors (Lipinski definition) is 4. The summed E-state index contributed by atoms with van der Waals surface area (Å²) in [6, 6.07) is 20.0. The van der Waals surface area contributed by atoms with Crippen LogP contribution in [-0.4, -0.2) is 16.7 Å². The van der Waals surface area contributed by atoms with Crippen LogP contribution in [-0.2, 0) is 4.79 Å². The number of anilines is 1.